The lowest BCUT2D eigenvalue weighted by atomic mass is 9.96. The number of aromatic nitrogens is 2. The lowest BCUT2D eigenvalue weighted by molar-refractivity contribution is -0.149. The van der Waals surface area contributed by atoms with Gasteiger partial charge in [0, 0.05) is 68.7 Å². The van der Waals surface area contributed by atoms with Gasteiger partial charge in [-0.3, -0.25) is 9.69 Å². The molecule has 4 aliphatic heterocycles. The van der Waals surface area contributed by atoms with Crippen molar-refractivity contribution in [3.8, 4) is 17.6 Å². The van der Waals surface area contributed by atoms with Crippen LogP contribution in [0.1, 0.15) is 65.3 Å². The number of hydrogen-bond donors (Lipinski definition) is 5. The second-order valence-corrected chi connectivity index (χ2v) is 15.7. The number of nitrogens with zero attached hydrogens (tertiary/aromatic N) is 8. The summed E-state index contributed by atoms with van der Waals surface area (Å²) in [6, 6.07) is 18.9. The first kappa shape index (κ1) is 39.7. The van der Waals surface area contributed by atoms with Crippen LogP contribution in [0.5, 0.6) is 11.5 Å². The maximum Gasteiger partial charge on any atom is 0.269 e. The third kappa shape index (κ3) is 7.86. The summed E-state index contributed by atoms with van der Waals surface area (Å²) < 4.78 is 21.7. The van der Waals surface area contributed by atoms with Crippen molar-refractivity contribution in [2.45, 2.75) is 56.6 Å². The minimum atomic E-state index is -1.38. The van der Waals surface area contributed by atoms with Crippen LogP contribution in [0.25, 0.3) is 0 Å². The highest BCUT2D eigenvalue weighted by molar-refractivity contribution is 6.31. The van der Waals surface area contributed by atoms with E-state index in [4.69, 9.17) is 27.3 Å². The first-order valence-electron chi connectivity index (χ1n) is 19.4. The van der Waals surface area contributed by atoms with Crippen molar-refractivity contribution in [2.75, 3.05) is 60.5 Å². The molecule has 1 aromatic heterocycles. The number of rotatable bonds is 9. The van der Waals surface area contributed by atoms with Crippen LogP contribution >= 0.6 is 11.6 Å². The van der Waals surface area contributed by atoms with Crippen molar-refractivity contribution in [1.29, 1.82) is 5.26 Å². The molecule has 4 aliphatic rings. The van der Waals surface area contributed by atoms with Crippen molar-refractivity contribution >= 4 is 34.7 Å². The number of nitrogens with two attached hydrogens (primary N) is 1. The Hall–Kier alpha value is -5.12. The summed E-state index contributed by atoms with van der Waals surface area (Å²) in [4.78, 5) is 20.7. The van der Waals surface area contributed by atoms with E-state index in [0.717, 1.165) is 51.4 Å². The average Bonchev–Trinajstić information content (AvgIpc) is 3.46. The van der Waals surface area contributed by atoms with E-state index in [9.17, 15) is 25.2 Å². The lowest BCUT2D eigenvalue weighted by Crippen LogP contribution is -2.59. The fourth-order valence-electron chi connectivity index (χ4n) is 8.68. The van der Waals surface area contributed by atoms with Crippen LogP contribution in [0.15, 0.2) is 66.7 Å². The number of amides is 1. The molecule has 3 aromatic carbocycles. The Bertz CT molecular complexity index is 2160. The van der Waals surface area contributed by atoms with E-state index >= 15 is 4.39 Å². The number of primary amides is 1. The van der Waals surface area contributed by atoms with E-state index in [1.54, 1.807) is 60.7 Å². The maximum absolute atomic E-state index is 15.8. The van der Waals surface area contributed by atoms with Crippen LogP contribution in [-0.4, -0.2) is 111 Å². The summed E-state index contributed by atoms with van der Waals surface area (Å²) in [6.07, 6.45) is -2.62. The number of nitriles is 1. The van der Waals surface area contributed by atoms with E-state index < -0.39 is 42.7 Å². The first-order chi connectivity index (χ1) is 28.0. The number of piperazine rings is 1. The number of carbonyl (C=O) groups is 1. The Morgan fingerprint density at radius 3 is 2.17 bits per heavy atom. The quantitative estimate of drug-likeness (QED) is 0.164. The highest BCUT2D eigenvalue weighted by atomic mass is 35.5. The number of aliphatic hydroxyl groups excluding tert-OH is 4. The minimum Gasteiger partial charge on any atom is -0.457 e. The Kier molecular flexibility index (Phi) is 11.4. The largest absolute Gasteiger partial charge is 0.457 e. The Morgan fingerprint density at radius 2 is 1.53 bits per heavy atom. The van der Waals surface area contributed by atoms with Crippen LogP contribution in [-0.2, 0) is 0 Å². The molecule has 3 saturated heterocycles. The molecule has 15 nitrogen and oxygen atoms in total. The van der Waals surface area contributed by atoms with Crippen LogP contribution in [0.3, 0.4) is 0 Å². The van der Waals surface area contributed by atoms with Gasteiger partial charge in [-0.1, -0.05) is 11.6 Å². The van der Waals surface area contributed by atoms with Gasteiger partial charge in [-0.05, 0) is 92.3 Å². The molecule has 17 heteroatoms. The number of halogens is 2. The molecule has 6 N–H and O–H groups in total. The highest BCUT2D eigenvalue weighted by Crippen LogP contribution is 2.46. The number of piperidine rings is 2. The van der Waals surface area contributed by atoms with Gasteiger partial charge < -0.3 is 45.6 Å². The molecular formula is C41H45ClFN9O6. The SMILES string of the molecule is N#Cc1ccc(Oc2ccc(N3C(O)CCC(N4C(O)c5cc(F)c(N6CCN(CC7CCN(c8ccc(C(N)=O)nn8)CC7)CC6)cc5C4O)C3O)cc2)cc1Cl. The minimum absolute atomic E-state index is 0.141. The molecule has 0 bridgehead atoms. The molecule has 0 radical (unpaired) electrons. The van der Waals surface area contributed by atoms with Gasteiger partial charge in [0.1, 0.15) is 48.3 Å². The summed E-state index contributed by atoms with van der Waals surface area (Å²) in [5, 5.41) is 63.3. The summed E-state index contributed by atoms with van der Waals surface area (Å²) in [6.45, 7) is 5.28. The summed E-state index contributed by atoms with van der Waals surface area (Å²) in [7, 11) is 0. The second-order valence-electron chi connectivity index (χ2n) is 15.3. The fourth-order valence-corrected chi connectivity index (χ4v) is 8.89. The first-order valence-corrected chi connectivity index (χ1v) is 19.8. The molecule has 58 heavy (non-hydrogen) atoms. The summed E-state index contributed by atoms with van der Waals surface area (Å²) in [5.74, 6) is 1.02. The van der Waals surface area contributed by atoms with Crippen LogP contribution < -0.4 is 25.2 Å². The topological polar surface area (TPSA) is 199 Å². The van der Waals surface area contributed by atoms with Crippen LogP contribution in [0.2, 0.25) is 5.02 Å². The normalized spacial score (nSPS) is 24.4. The van der Waals surface area contributed by atoms with Gasteiger partial charge in [0.25, 0.3) is 5.91 Å². The number of anilines is 3. The zero-order valence-electron chi connectivity index (χ0n) is 31.6. The second kappa shape index (κ2) is 16.6. The molecule has 8 rings (SSSR count). The molecule has 0 saturated carbocycles. The van der Waals surface area contributed by atoms with Crippen molar-refractivity contribution in [2.24, 2.45) is 11.7 Å². The zero-order valence-corrected chi connectivity index (χ0v) is 32.4. The van der Waals surface area contributed by atoms with Crippen LogP contribution in [0.4, 0.5) is 21.6 Å². The monoisotopic (exact) mass is 813 g/mol. The third-order valence-electron chi connectivity index (χ3n) is 11.8. The van der Waals surface area contributed by atoms with Gasteiger partial charge in [-0.15, -0.1) is 10.2 Å². The molecule has 1 amide bonds. The van der Waals surface area contributed by atoms with Crippen molar-refractivity contribution in [3.05, 3.63) is 100.0 Å². The number of ether oxygens (including phenoxy) is 1. The third-order valence-corrected chi connectivity index (χ3v) is 12.1. The van der Waals surface area contributed by atoms with Gasteiger partial charge in [0.05, 0.1) is 22.3 Å². The van der Waals surface area contributed by atoms with E-state index in [1.807, 2.05) is 11.0 Å². The smallest absolute Gasteiger partial charge is 0.269 e. The van der Waals surface area contributed by atoms with Gasteiger partial charge in [0.2, 0.25) is 0 Å². The molecular weight excluding hydrogens is 769 g/mol. The molecule has 5 unspecified atom stereocenters. The van der Waals surface area contributed by atoms with E-state index in [1.165, 1.54) is 15.9 Å². The molecule has 0 aliphatic carbocycles. The Balaban J connectivity index is 0.878. The number of aliphatic hydroxyl groups is 4. The maximum atomic E-state index is 15.8. The van der Waals surface area contributed by atoms with Gasteiger partial charge >= 0.3 is 0 Å². The highest BCUT2D eigenvalue weighted by Gasteiger charge is 2.48. The van der Waals surface area contributed by atoms with Gasteiger partial charge in [0.15, 0.2) is 11.5 Å². The standard InChI is InChI=1S/C41H45ClFN9O6/c42-31-19-28(4-1-25(31)22-44)58-27-5-2-26(3-6-27)51-37(53)10-8-34(41(51)57)52-39(55)29-20-32(43)35(21-30(29)40(52)56)49-17-15-48(16-18-49)23-24-11-13-50(14-12-24)36-9-7-33(38(45)54)46-47-36/h1-7,9,19-21,24,34,37,39-41,53,55-57H,8,10-18,23H2,(H2,45,54). The average molecular weight is 814 g/mol. The molecule has 3 fully saturated rings. The zero-order chi connectivity index (χ0) is 40.7. The molecule has 4 aromatic rings. The number of benzene rings is 3. The van der Waals surface area contributed by atoms with Crippen molar-refractivity contribution in [1.82, 2.24) is 20.0 Å². The van der Waals surface area contributed by atoms with Crippen molar-refractivity contribution < 1.29 is 34.3 Å². The lowest BCUT2D eigenvalue weighted by Gasteiger charge is -2.47. The molecule has 304 valence electrons. The predicted octanol–water partition coefficient (Wildman–Crippen LogP) is 3.67. The summed E-state index contributed by atoms with van der Waals surface area (Å²) in [5.41, 5.74) is 7.21. The van der Waals surface area contributed by atoms with E-state index in [0.29, 0.717) is 53.0 Å². The predicted molar refractivity (Wildman–Crippen MR) is 212 cm³/mol. The molecule has 5 heterocycles. The number of carbonyl (C=O) groups excluding carboxylic acids is 1. The summed E-state index contributed by atoms with van der Waals surface area (Å²) >= 11 is 6.14. The van der Waals surface area contributed by atoms with E-state index in [2.05, 4.69) is 20.0 Å². The van der Waals surface area contributed by atoms with Crippen molar-refractivity contribution in [3.63, 3.8) is 0 Å². The Labute approximate surface area is 339 Å². The fraction of sp³-hybridized carbons (Fsp3) is 0.415. The molecule has 0 spiro atoms. The van der Waals surface area contributed by atoms with Crippen LogP contribution in [0, 0.1) is 23.1 Å². The molecule has 5 atom stereocenters. The Morgan fingerprint density at radius 1 is 0.845 bits per heavy atom. The van der Waals surface area contributed by atoms with Gasteiger partial charge in [-0.2, -0.15) is 5.26 Å². The number of hydrogen-bond acceptors (Lipinski definition) is 14. The van der Waals surface area contributed by atoms with E-state index in [-0.39, 0.29) is 29.1 Å². The van der Waals surface area contributed by atoms with Gasteiger partial charge in [-0.25, -0.2) is 9.29 Å². The number of fused-ring (bicyclic) bond motifs is 1.